The van der Waals surface area contributed by atoms with Crippen molar-refractivity contribution < 1.29 is 174 Å². The first kappa shape index (κ1) is 172. The van der Waals surface area contributed by atoms with Crippen LogP contribution in [0.25, 0.3) is 0 Å². The zero-order chi connectivity index (χ0) is 34.9. The molecule has 0 aliphatic rings. The van der Waals surface area contributed by atoms with Crippen molar-refractivity contribution in [2.45, 2.75) is 185 Å². The van der Waals surface area contributed by atoms with Gasteiger partial charge in [0.25, 0.3) is 0 Å². The van der Waals surface area contributed by atoms with Crippen LogP contribution in [0.5, 0.6) is 0 Å². The minimum atomic E-state index is -0.903. The largest absolute Gasteiger partial charge is 2.00 e. The van der Waals surface area contributed by atoms with Crippen molar-refractivity contribution in [2.24, 2.45) is 3.34 Å². The normalized spacial score (nSPS) is 7.89. The fraction of sp³-hybridized carbons (Fsp3) is 0.806. The summed E-state index contributed by atoms with van der Waals surface area (Å²) in [6, 6.07) is 0. The van der Waals surface area contributed by atoms with Crippen LogP contribution in [-0.4, -0.2) is 109 Å². The molecule has 0 aliphatic heterocycles. The third-order valence-corrected chi connectivity index (χ3v) is 2.84. The van der Waals surface area contributed by atoms with E-state index in [-0.39, 0.29) is 188 Å². The summed E-state index contributed by atoms with van der Waals surface area (Å²) in [5.41, 5.74) is -3.19. The number of aliphatic hydroxyl groups excluding tert-OH is 1. The van der Waals surface area contributed by atoms with Gasteiger partial charge in [0.1, 0.15) is 0 Å². The molecule has 0 saturated heterocycles. The third kappa shape index (κ3) is 2360. The van der Waals surface area contributed by atoms with Crippen molar-refractivity contribution >= 4 is 0 Å². The Bertz CT molecular complexity index is 428. The van der Waals surface area contributed by atoms with Crippen molar-refractivity contribution in [3.8, 4) is 0 Å². The zero-order valence-corrected chi connectivity index (χ0v) is 56.4. The van der Waals surface area contributed by atoms with Crippen LogP contribution in [0.4, 0.5) is 0 Å². The molecule has 0 aliphatic carbocycles. The summed E-state index contributed by atoms with van der Waals surface area (Å²) in [6.45, 7) is 35.4. The van der Waals surface area contributed by atoms with Gasteiger partial charge in [-0.3, -0.25) is 0 Å². The third-order valence-electron chi connectivity index (χ3n) is 0.687. The van der Waals surface area contributed by atoms with Crippen molar-refractivity contribution in [1.82, 2.24) is 0 Å². The van der Waals surface area contributed by atoms with Gasteiger partial charge in [0.2, 0.25) is 0 Å². The Morgan fingerprint density at radius 1 is 0.393 bits per heavy atom. The Hall–Kier alpha value is 2.62. The van der Waals surface area contributed by atoms with Gasteiger partial charge < -0.3 is 115 Å². The van der Waals surface area contributed by atoms with Gasteiger partial charge in [-0.2, -0.15) is 0 Å². The van der Waals surface area contributed by atoms with Crippen molar-refractivity contribution in [3.63, 3.8) is 0 Å². The summed E-state index contributed by atoms with van der Waals surface area (Å²) in [4.78, 5) is 14.0. The maximum absolute atomic E-state index is 8.58. The van der Waals surface area contributed by atoms with E-state index in [1.165, 1.54) is 0 Å². The Kier molecular flexibility index (Phi) is 261. The van der Waals surface area contributed by atoms with Gasteiger partial charge in [-0.05, 0) is 118 Å². The van der Waals surface area contributed by atoms with Gasteiger partial charge in [-0.15, -0.1) is 0 Å². The van der Waals surface area contributed by atoms with Crippen molar-refractivity contribution in [2.75, 3.05) is 6.61 Å². The van der Waals surface area contributed by atoms with Crippen LogP contribution in [0, 0.1) is 61.9 Å². The molecule has 0 fully saturated rings. The predicted octanol–water partition coefficient (Wildman–Crippen LogP) is 4.87. The summed E-state index contributed by atoms with van der Waals surface area (Å²) in [7, 11) is 0. The van der Waals surface area contributed by atoms with Gasteiger partial charge in [-0.25, -0.2) is 0 Å². The number of hydrogen-bond acceptors (Lipinski definition) is 10. The molecule has 15 nitrogen and oxygen atoms in total. The molecule has 20 heteroatoms. The standard InChI is InChI=1S/C4H9N.C4H10O2.5C4H10O.CH4.7CH3.O2.5H2O.5Ta/c1-4(2,3)5;1-4(2,6)3-5;5*1-4(2,3)5;;;;;;;;;1-2;;;;;;;;;;/h1-3H3;5-6H,3H2,1-2H3;5*5H,1-3H3;1H4;7*1H3;;5*1H2;;;;;/q;;;;;;;;7*-1;;;;;;;;;;2*+2. The summed E-state index contributed by atoms with van der Waals surface area (Å²) >= 11 is 1.15. The van der Waals surface area contributed by atoms with Gasteiger partial charge in [0.15, 0.2) is 0 Å². The van der Waals surface area contributed by atoms with Gasteiger partial charge in [0.05, 0.1) is 40.2 Å². The summed E-state index contributed by atoms with van der Waals surface area (Å²) in [5, 5.41) is 59.3. The Labute approximate surface area is 426 Å². The van der Waals surface area contributed by atoms with E-state index in [4.69, 9.17) is 45.7 Å². The molecule has 0 saturated carbocycles. The molecular formula is C36H104NO14Ta5-3. The molecule has 17 N–H and O–H groups in total. The SMILES string of the molecule is C.CC(C)(C)O.CC(C)(C)O.CC(C)(C)O.CC(C)(C)O.CC(C)(C)O.CC(C)(C)[N]=[Ta].CC(C)(O)CO.O.O.O.O.O.O=O.[CH3-].[CH3-].[CH3-].[CH3-].[CH3-].[CH3-].[CH3-].[Ta+2].[Ta+2].[Ta].[Ta]. The Balaban J connectivity index is -0.00000000823. The molecule has 56 heavy (non-hydrogen) atoms. The van der Waals surface area contributed by atoms with E-state index < -0.39 is 33.6 Å². The molecule has 0 aromatic carbocycles. The van der Waals surface area contributed by atoms with Crippen LogP contribution >= 0.6 is 0 Å². The fourth-order valence-electron chi connectivity index (χ4n) is 0. The Morgan fingerprint density at radius 3 is 0.429 bits per heavy atom. The second-order valence-corrected chi connectivity index (χ2v) is 15.8. The summed E-state index contributed by atoms with van der Waals surface area (Å²) < 4.78 is 4.13. The molecule has 0 rings (SSSR count). The van der Waals surface area contributed by atoms with E-state index in [2.05, 4.69) is 24.1 Å². The van der Waals surface area contributed by atoms with E-state index in [1.807, 2.05) is 0 Å². The number of rotatable bonds is 1. The zero-order valence-electron chi connectivity index (χ0n) is 40.3. The molecule has 365 valence electrons. The molecule has 0 unspecified atom stereocenters. The molecule has 0 aromatic heterocycles. The average molecular weight is 1680 g/mol. The van der Waals surface area contributed by atoms with Crippen LogP contribution in [-0.2, 0) is 110 Å². The predicted molar refractivity (Wildman–Crippen MR) is 232 cm³/mol. The molecule has 0 bridgehead atoms. The monoisotopic (exact) mass is 1680 g/mol. The maximum Gasteiger partial charge on any atom is 2.00 e. The van der Waals surface area contributed by atoms with E-state index in [1.54, 1.807) is 118 Å². The first-order valence-corrected chi connectivity index (χ1v) is 14.0. The quantitative estimate of drug-likeness (QED) is 0.176. The maximum atomic E-state index is 8.58. The van der Waals surface area contributed by atoms with E-state index in [9.17, 15) is 0 Å². The molecule has 0 atom stereocenters. The molecular weight excluding hydrogens is 1580 g/mol. The minimum absolute atomic E-state index is 0. The smallest absolute Gasteiger partial charge is 0.412 e. The first-order valence-electron chi connectivity index (χ1n) is 12.6. The van der Waals surface area contributed by atoms with Crippen molar-refractivity contribution in [3.05, 3.63) is 61.9 Å². The van der Waals surface area contributed by atoms with Crippen LogP contribution in [0.2, 0.25) is 0 Å². The Morgan fingerprint density at radius 2 is 0.429 bits per heavy atom. The molecule has 0 amide bonds. The van der Waals surface area contributed by atoms with Crippen LogP contribution < -0.4 is 0 Å². The fourth-order valence-corrected chi connectivity index (χ4v) is 0. The van der Waals surface area contributed by atoms with Crippen LogP contribution in [0.15, 0.2) is 3.34 Å². The topological polar surface area (TPSA) is 346 Å². The van der Waals surface area contributed by atoms with E-state index >= 15 is 0 Å². The first-order chi connectivity index (χ1) is 16.1. The van der Waals surface area contributed by atoms with E-state index in [0.717, 1.165) is 20.9 Å². The van der Waals surface area contributed by atoms with Crippen LogP contribution in [0.1, 0.15) is 146 Å². The number of nitrogens with zero attached hydrogens (tertiary/aromatic N) is 1. The molecule has 0 spiro atoms. The van der Waals surface area contributed by atoms with E-state index in [0.29, 0.717) is 0 Å². The summed E-state index contributed by atoms with van der Waals surface area (Å²) in [5.74, 6) is 0. The van der Waals surface area contributed by atoms with Gasteiger partial charge in [-0.1, -0.05) is 7.43 Å². The summed E-state index contributed by atoms with van der Waals surface area (Å²) in [6.07, 6.45) is 0. The molecule has 0 aromatic rings. The second kappa shape index (κ2) is 85.0. The molecule has 4 radical (unpaired) electrons. The van der Waals surface area contributed by atoms with Gasteiger partial charge in [0, 0.05) is 54.7 Å². The van der Waals surface area contributed by atoms with Crippen LogP contribution in [0.3, 0.4) is 0 Å². The average Bonchev–Trinajstić information content (AvgIpc) is 2.48. The number of aliphatic hydroxyl groups is 7. The molecule has 0 heterocycles. The number of hydrogen-bond donors (Lipinski definition) is 7. The second-order valence-electron chi connectivity index (χ2n) is 15.1. The van der Waals surface area contributed by atoms with Gasteiger partial charge >= 0.3 is 95.3 Å². The van der Waals surface area contributed by atoms with Crippen molar-refractivity contribution in [1.29, 1.82) is 0 Å². The minimum Gasteiger partial charge on any atom is -0.412 e.